The highest BCUT2D eigenvalue weighted by Crippen LogP contribution is 2.33. The highest BCUT2D eigenvalue weighted by Gasteiger charge is 2.26. The van der Waals surface area contributed by atoms with E-state index in [1.807, 2.05) is 6.07 Å². The molecule has 0 aromatic heterocycles. The normalized spacial score (nSPS) is 18.4. The first-order valence-electron chi connectivity index (χ1n) is 5.46. The number of methoxy groups -OCH3 is 2. The minimum Gasteiger partial charge on any atom is -0.544 e. The summed E-state index contributed by atoms with van der Waals surface area (Å²) in [5.74, 6) is 0.108. The molecule has 0 radical (unpaired) electrons. The summed E-state index contributed by atoms with van der Waals surface area (Å²) in [6, 6.07) is 2.92. The number of carbonyl (C=O) groups excluding carboxylic acids is 1. The fraction of sp³-hybridized carbons (Fsp3) is 0.417. The molecule has 1 aromatic rings. The van der Waals surface area contributed by atoms with Crippen LogP contribution in [0.4, 0.5) is 0 Å². The second-order valence-electron chi connectivity index (χ2n) is 3.98. The van der Waals surface area contributed by atoms with Gasteiger partial charge in [-0.15, -0.1) is 0 Å². The van der Waals surface area contributed by atoms with Gasteiger partial charge in [0.2, 0.25) is 0 Å². The second-order valence-corrected chi connectivity index (χ2v) is 3.98. The summed E-state index contributed by atoms with van der Waals surface area (Å²) in [4.78, 5) is 11.1. The van der Waals surface area contributed by atoms with Crippen LogP contribution in [0.2, 0.25) is 0 Å². The third-order valence-electron chi connectivity index (χ3n) is 3.05. The van der Waals surface area contributed by atoms with Gasteiger partial charge < -0.3 is 24.7 Å². The predicted molar refractivity (Wildman–Crippen MR) is 57.8 cm³/mol. The van der Waals surface area contributed by atoms with Gasteiger partial charge in [-0.2, -0.15) is 0 Å². The number of quaternary nitrogens is 1. The van der Waals surface area contributed by atoms with Gasteiger partial charge in [-0.3, -0.25) is 0 Å². The maximum atomic E-state index is 11.1. The molecule has 0 fully saturated rings. The Hall–Kier alpha value is -1.75. The Bertz CT molecular complexity index is 444. The van der Waals surface area contributed by atoms with Gasteiger partial charge in [0, 0.05) is 12.0 Å². The van der Waals surface area contributed by atoms with Gasteiger partial charge in [0.1, 0.15) is 5.97 Å². The van der Waals surface area contributed by atoms with E-state index in [-0.39, 0.29) is 0 Å². The Morgan fingerprint density at radius 1 is 1.35 bits per heavy atom. The molecule has 1 aliphatic heterocycles. The zero-order valence-electron chi connectivity index (χ0n) is 9.86. The van der Waals surface area contributed by atoms with E-state index in [9.17, 15) is 9.90 Å². The van der Waals surface area contributed by atoms with Crippen LogP contribution >= 0.6 is 0 Å². The fourth-order valence-corrected chi connectivity index (χ4v) is 2.20. The van der Waals surface area contributed by atoms with Crippen LogP contribution in [-0.2, 0) is 11.2 Å². The molecule has 0 spiro atoms. The smallest absolute Gasteiger partial charge is 0.161 e. The topological polar surface area (TPSA) is 75.2 Å². The maximum Gasteiger partial charge on any atom is 0.161 e. The summed E-state index contributed by atoms with van der Waals surface area (Å²) >= 11 is 0. The number of carboxylic acid groups (broad SMARTS) is 1. The molecule has 0 amide bonds. The monoisotopic (exact) mass is 237 g/mol. The van der Waals surface area contributed by atoms with Crippen molar-refractivity contribution in [1.82, 2.24) is 0 Å². The van der Waals surface area contributed by atoms with Gasteiger partial charge >= 0.3 is 0 Å². The molecule has 1 aromatic carbocycles. The summed E-state index contributed by atoms with van der Waals surface area (Å²) in [6.45, 7) is 0.737. The number of carbonyl (C=O) groups is 1. The SMILES string of the molecule is COc1cc2c(cc1OC)[C@H](C(=O)[O-])[NH2+]CC2. The number of ether oxygens (including phenoxy) is 2. The van der Waals surface area contributed by atoms with Crippen molar-refractivity contribution in [2.45, 2.75) is 12.5 Å². The van der Waals surface area contributed by atoms with Crippen LogP contribution in [0.15, 0.2) is 12.1 Å². The number of nitrogens with two attached hydrogens (primary N) is 1. The molecule has 1 heterocycles. The predicted octanol–water partition coefficient (Wildman–Crippen LogP) is -1.39. The molecule has 92 valence electrons. The van der Waals surface area contributed by atoms with Gasteiger partial charge in [-0.1, -0.05) is 0 Å². The maximum absolute atomic E-state index is 11.1. The number of benzene rings is 1. The lowest BCUT2D eigenvalue weighted by Gasteiger charge is -2.25. The first-order valence-corrected chi connectivity index (χ1v) is 5.46. The van der Waals surface area contributed by atoms with Crippen molar-refractivity contribution in [2.75, 3.05) is 20.8 Å². The van der Waals surface area contributed by atoms with Crippen LogP contribution in [0.1, 0.15) is 17.2 Å². The first kappa shape index (κ1) is 11.7. The second kappa shape index (κ2) is 4.63. The molecule has 2 rings (SSSR count). The van der Waals surface area contributed by atoms with Crippen molar-refractivity contribution >= 4 is 5.97 Å². The van der Waals surface area contributed by atoms with Crippen molar-refractivity contribution in [3.05, 3.63) is 23.3 Å². The minimum atomic E-state index is -1.07. The average molecular weight is 237 g/mol. The highest BCUT2D eigenvalue weighted by atomic mass is 16.5. The Morgan fingerprint density at radius 2 is 2.00 bits per heavy atom. The van der Waals surface area contributed by atoms with E-state index in [1.54, 1.807) is 18.5 Å². The van der Waals surface area contributed by atoms with Crippen LogP contribution in [0.5, 0.6) is 11.5 Å². The third kappa shape index (κ3) is 2.06. The quantitative estimate of drug-likeness (QED) is 0.702. The zero-order valence-corrected chi connectivity index (χ0v) is 9.86. The Kier molecular flexibility index (Phi) is 3.19. The average Bonchev–Trinajstić information content (AvgIpc) is 2.35. The van der Waals surface area contributed by atoms with Crippen LogP contribution in [-0.4, -0.2) is 26.7 Å². The Morgan fingerprint density at radius 3 is 2.59 bits per heavy atom. The van der Waals surface area contributed by atoms with Crippen LogP contribution in [0.3, 0.4) is 0 Å². The van der Waals surface area contributed by atoms with E-state index in [2.05, 4.69) is 0 Å². The Labute approximate surface area is 99.3 Å². The summed E-state index contributed by atoms with van der Waals surface area (Å²) < 4.78 is 10.4. The van der Waals surface area contributed by atoms with Crippen molar-refractivity contribution in [3.8, 4) is 11.5 Å². The van der Waals surface area contributed by atoms with E-state index in [0.717, 1.165) is 24.1 Å². The van der Waals surface area contributed by atoms with Crippen molar-refractivity contribution in [3.63, 3.8) is 0 Å². The first-order chi connectivity index (χ1) is 8.17. The lowest BCUT2D eigenvalue weighted by atomic mass is 9.93. The van der Waals surface area contributed by atoms with Crippen molar-refractivity contribution in [2.24, 2.45) is 0 Å². The van der Waals surface area contributed by atoms with E-state index in [4.69, 9.17) is 9.47 Å². The van der Waals surface area contributed by atoms with E-state index < -0.39 is 12.0 Å². The van der Waals surface area contributed by atoms with Gasteiger partial charge in [0.15, 0.2) is 17.5 Å². The van der Waals surface area contributed by atoms with Gasteiger partial charge in [-0.25, -0.2) is 0 Å². The van der Waals surface area contributed by atoms with Crippen molar-refractivity contribution in [1.29, 1.82) is 0 Å². The molecule has 0 saturated heterocycles. The molecule has 5 heteroatoms. The molecule has 0 unspecified atom stereocenters. The summed E-state index contributed by atoms with van der Waals surface area (Å²) in [7, 11) is 3.10. The molecule has 0 bridgehead atoms. The van der Waals surface area contributed by atoms with Gasteiger partial charge in [0.25, 0.3) is 0 Å². The molecule has 1 aliphatic rings. The van der Waals surface area contributed by atoms with E-state index in [0.29, 0.717) is 11.5 Å². The van der Waals surface area contributed by atoms with Gasteiger partial charge in [0.05, 0.1) is 20.8 Å². The van der Waals surface area contributed by atoms with Crippen molar-refractivity contribution < 1.29 is 24.7 Å². The lowest BCUT2D eigenvalue weighted by Crippen LogP contribution is -2.89. The third-order valence-corrected chi connectivity index (χ3v) is 3.05. The van der Waals surface area contributed by atoms with Gasteiger partial charge in [-0.05, 0) is 17.7 Å². The fourth-order valence-electron chi connectivity index (χ4n) is 2.20. The summed E-state index contributed by atoms with van der Waals surface area (Å²) in [5, 5.41) is 12.8. The highest BCUT2D eigenvalue weighted by molar-refractivity contribution is 5.73. The number of hydrogen-bond acceptors (Lipinski definition) is 4. The van der Waals surface area contributed by atoms with E-state index >= 15 is 0 Å². The number of aliphatic carboxylic acids is 1. The Balaban J connectivity index is 2.50. The summed E-state index contributed by atoms with van der Waals surface area (Å²) in [5.41, 5.74) is 1.73. The molecule has 17 heavy (non-hydrogen) atoms. The molecular formula is C12H15NO4. The van der Waals surface area contributed by atoms with Crippen LogP contribution in [0, 0.1) is 0 Å². The number of fused-ring (bicyclic) bond motifs is 1. The zero-order chi connectivity index (χ0) is 12.4. The largest absolute Gasteiger partial charge is 0.544 e. The molecule has 2 N–H and O–H groups in total. The van der Waals surface area contributed by atoms with Crippen LogP contribution < -0.4 is 19.9 Å². The summed E-state index contributed by atoms with van der Waals surface area (Å²) in [6.07, 6.45) is 0.819. The molecule has 5 nitrogen and oxygen atoms in total. The number of carboxylic acids is 1. The number of rotatable bonds is 3. The molecule has 0 saturated carbocycles. The standard InChI is InChI=1S/C12H15NO4/c1-16-9-5-7-3-4-13-11(12(14)15)8(7)6-10(9)17-2/h5-6,11,13H,3-4H2,1-2H3,(H,14,15)/t11-/m1/s1. The minimum absolute atomic E-state index is 0.549. The molecule has 0 aliphatic carbocycles. The number of hydrogen-bond donors (Lipinski definition) is 1. The van der Waals surface area contributed by atoms with Crippen LogP contribution in [0.25, 0.3) is 0 Å². The lowest BCUT2D eigenvalue weighted by molar-refractivity contribution is -0.692. The van der Waals surface area contributed by atoms with E-state index in [1.165, 1.54) is 7.11 Å². The molecular weight excluding hydrogens is 222 g/mol. The molecule has 1 atom stereocenters.